The van der Waals surface area contributed by atoms with Crippen LogP contribution in [0.1, 0.15) is 12.6 Å². The molecule has 11 heavy (non-hydrogen) atoms. The summed E-state index contributed by atoms with van der Waals surface area (Å²) in [5, 5.41) is 0. The molecular formula is C7H6ClFIN. The average Bonchev–Trinajstić information content (AvgIpc) is 1.86. The third-order valence-electron chi connectivity index (χ3n) is 1.17. The summed E-state index contributed by atoms with van der Waals surface area (Å²) in [5.41, 5.74) is 0.280. The maximum atomic E-state index is 12.9. The molecule has 0 aromatic carbocycles. The fourth-order valence-corrected chi connectivity index (χ4v) is 1.24. The molecule has 1 atom stereocenters. The molecule has 0 saturated carbocycles. The Labute approximate surface area is 83.1 Å². The van der Waals surface area contributed by atoms with Gasteiger partial charge in [0.25, 0.3) is 0 Å². The van der Waals surface area contributed by atoms with Crippen LogP contribution >= 0.6 is 34.2 Å². The second-order valence-electron chi connectivity index (χ2n) is 2.22. The molecule has 0 N–H and O–H groups in total. The molecule has 0 saturated heterocycles. The predicted molar refractivity (Wildman–Crippen MR) is 51.4 cm³/mol. The van der Waals surface area contributed by atoms with Crippen molar-refractivity contribution in [2.45, 2.75) is 9.80 Å². The zero-order valence-corrected chi connectivity index (χ0v) is 8.73. The van der Waals surface area contributed by atoms with Crippen LogP contribution in [-0.2, 0) is 2.88 Å². The van der Waals surface area contributed by atoms with E-state index in [0.717, 1.165) is 0 Å². The van der Waals surface area contributed by atoms with E-state index in [9.17, 15) is 4.39 Å². The molecule has 0 radical (unpaired) electrons. The molecule has 0 aliphatic carbocycles. The van der Waals surface area contributed by atoms with Crippen molar-refractivity contribution in [3.63, 3.8) is 0 Å². The van der Waals surface area contributed by atoms with E-state index in [-0.39, 0.29) is 11.5 Å². The topological polar surface area (TPSA) is 12.9 Å². The predicted octanol–water partition coefficient (Wildman–Crippen LogP) is 3.07. The van der Waals surface area contributed by atoms with E-state index in [0.29, 0.717) is 0 Å². The summed E-state index contributed by atoms with van der Waals surface area (Å²) >= 11 is 7.78. The number of aromatic nitrogens is 1. The van der Waals surface area contributed by atoms with Gasteiger partial charge >= 0.3 is 0 Å². The van der Waals surface area contributed by atoms with Crippen LogP contribution in [0.4, 0.5) is 4.39 Å². The van der Waals surface area contributed by atoms with E-state index in [1.165, 1.54) is 18.3 Å². The van der Waals surface area contributed by atoms with Crippen molar-refractivity contribution >= 4 is 34.2 Å². The van der Waals surface area contributed by atoms with Gasteiger partial charge in [0.05, 0.1) is 0 Å². The monoisotopic (exact) mass is 285 g/mol. The molecule has 1 aromatic rings. The second-order valence-corrected chi connectivity index (χ2v) is 5.77. The van der Waals surface area contributed by atoms with Crippen LogP contribution < -0.4 is 0 Å². The van der Waals surface area contributed by atoms with Crippen molar-refractivity contribution in [1.82, 2.24) is 4.98 Å². The van der Waals surface area contributed by atoms with Gasteiger partial charge in [0.2, 0.25) is 0 Å². The van der Waals surface area contributed by atoms with Gasteiger partial charge in [0.15, 0.2) is 0 Å². The number of alkyl halides is 2. The summed E-state index contributed by atoms with van der Waals surface area (Å²) in [6.07, 6.45) is 1.53. The van der Waals surface area contributed by atoms with E-state index in [1.54, 1.807) is 6.92 Å². The van der Waals surface area contributed by atoms with Crippen molar-refractivity contribution in [2.24, 2.45) is 0 Å². The molecule has 0 fully saturated rings. The Hall–Kier alpha value is 0.1000. The number of halogens is 3. The molecule has 0 bridgehead atoms. The van der Waals surface area contributed by atoms with Crippen LogP contribution in [-0.4, -0.2) is 4.98 Å². The van der Waals surface area contributed by atoms with Crippen LogP contribution in [0.3, 0.4) is 0 Å². The average molecular weight is 285 g/mol. The normalized spacial score (nSPS) is 16.0. The number of hydrogen-bond acceptors (Lipinski definition) is 1. The van der Waals surface area contributed by atoms with E-state index in [1.807, 2.05) is 22.6 Å². The third kappa shape index (κ3) is 2.27. The lowest BCUT2D eigenvalue weighted by Crippen LogP contribution is -2.08. The highest BCUT2D eigenvalue weighted by molar-refractivity contribution is 14.1. The van der Waals surface area contributed by atoms with Crippen molar-refractivity contribution < 1.29 is 4.39 Å². The molecular weight excluding hydrogens is 279 g/mol. The molecule has 60 valence electrons. The van der Waals surface area contributed by atoms with Gasteiger partial charge in [-0.05, 0) is 19.1 Å². The third-order valence-corrected chi connectivity index (χ3v) is 1.86. The van der Waals surface area contributed by atoms with Crippen LogP contribution in [0.25, 0.3) is 0 Å². The quantitative estimate of drug-likeness (QED) is 0.571. The lowest BCUT2D eigenvalue weighted by molar-refractivity contribution is 0.597. The van der Waals surface area contributed by atoms with Gasteiger partial charge in [-0.25, -0.2) is 4.39 Å². The zero-order chi connectivity index (χ0) is 8.48. The fraction of sp³-hybridized carbons (Fsp3) is 0.286. The Morgan fingerprint density at radius 1 is 1.73 bits per heavy atom. The minimum absolute atomic E-state index is 0.280. The molecule has 0 amide bonds. The summed E-state index contributed by atoms with van der Waals surface area (Å²) in [4.78, 5) is 3.84. The summed E-state index contributed by atoms with van der Waals surface area (Å²) in [6, 6.07) is 2.89. The van der Waals surface area contributed by atoms with E-state index in [4.69, 9.17) is 11.6 Å². The van der Waals surface area contributed by atoms with E-state index in [2.05, 4.69) is 4.98 Å². The van der Waals surface area contributed by atoms with Crippen LogP contribution in [0.15, 0.2) is 18.3 Å². The Balaban J connectivity index is 3.14. The molecule has 0 unspecified atom stereocenters. The summed E-state index contributed by atoms with van der Waals surface area (Å²) in [7, 11) is 0. The van der Waals surface area contributed by atoms with E-state index >= 15 is 0 Å². The minimum atomic E-state index is -0.761. The van der Waals surface area contributed by atoms with Crippen LogP contribution in [0.5, 0.6) is 0 Å². The van der Waals surface area contributed by atoms with Crippen molar-refractivity contribution in [3.05, 3.63) is 29.8 Å². The Morgan fingerprint density at radius 2 is 2.36 bits per heavy atom. The first-order valence-electron chi connectivity index (χ1n) is 3.00. The number of rotatable bonds is 1. The van der Waals surface area contributed by atoms with Gasteiger partial charge in [0, 0.05) is 6.20 Å². The molecule has 4 heteroatoms. The summed E-state index contributed by atoms with van der Waals surface area (Å²) in [6.45, 7) is 1.69. The number of nitrogens with zero attached hydrogens (tertiary/aromatic N) is 1. The van der Waals surface area contributed by atoms with Gasteiger partial charge in [-0.2, -0.15) is 0 Å². The lowest BCUT2D eigenvalue weighted by atomic mass is 10.3. The molecule has 1 nitrogen and oxygen atoms in total. The van der Waals surface area contributed by atoms with Gasteiger partial charge in [0.1, 0.15) is 14.4 Å². The molecule has 0 aliphatic heterocycles. The van der Waals surface area contributed by atoms with Crippen molar-refractivity contribution in [2.75, 3.05) is 0 Å². The zero-order valence-electron chi connectivity index (χ0n) is 5.81. The fourth-order valence-electron chi connectivity index (χ4n) is 0.709. The standard InChI is InChI=1S/C7H6ClFIN/c1-7(8,10)6-5(9)3-2-4-11-6/h2-4H,1H3/t7-/m1/s1. The highest BCUT2D eigenvalue weighted by atomic mass is 127. The first-order chi connectivity index (χ1) is 5.02. The summed E-state index contributed by atoms with van der Waals surface area (Å²) in [5.74, 6) is -0.362. The highest BCUT2D eigenvalue weighted by Crippen LogP contribution is 2.35. The molecule has 0 spiro atoms. The van der Waals surface area contributed by atoms with Gasteiger partial charge in [-0.15, -0.1) is 11.6 Å². The maximum absolute atomic E-state index is 12.9. The molecule has 1 aromatic heterocycles. The highest BCUT2D eigenvalue weighted by Gasteiger charge is 2.23. The van der Waals surface area contributed by atoms with Gasteiger partial charge in [-0.1, -0.05) is 22.6 Å². The Bertz CT molecular complexity index is 259. The Kier molecular flexibility index (Phi) is 2.70. The first kappa shape index (κ1) is 9.19. The number of pyridine rings is 1. The Morgan fingerprint density at radius 3 is 2.73 bits per heavy atom. The molecule has 1 rings (SSSR count). The largest absolute Gasteiger partial charge is 0.255 e. The SMILES string of the molecule is C[C@@](Cl)(I)c1ncccc1F. The number of hydrogen-bond donors (Lipinski definition) is 0. The maximum Gasteiger partial charge on any atom is 0.147 e. The van der Waals surface area contributed by atoms with E-state index < -0.39 is 2.88 Å². The van der Waals surface area contributed by atoms with Crippen LogP contribution in [0, 0.1) is 5.82 Å². The van der Waals surface area contributed by atoms with Crippen molar-refractivity contribution in [3.8, 4) is 0 Å². The summed E-state index contributed by atoms with van der Waals surface area (Å²) < 4.78 is 12.2. The smallest absolute Gasteiger partial charge is 0.147 e. The van der Waals surface area contributed by atoms with Crippen LogP contribution in [0.2, 0.25) is 0 Å². The lowest BCUT2D eigenvalue weighted by Gasteiger charge is -2.12. The molecule has 1 heterocycles. The second kappa shape index (κ2) is 3.23. The first-order valence-corrected chi connectivity index (χ1v) is 4.46. The van der Waals surface area contributed by atoms with Gasteiger partial charge < -0.3 is 0 Å². The van der Waals surface area contributed by atoms with Crippen molar-refractivity contribution in [1.29, 1.82) is 0 Å². The van der Waals surface area contributed by atoms with Gasteiger partial charge in [-0.3, -0.25) is 4.98 Å². The molecule has 0 aliphatic rings. The minimum Gasteiger partial charge on any atom is -0.255 e.